The van der Waals surface area contributed by atoms with E-state index >= 15 is 0 Å². The quantitative estimate of drug-likeness (QED) is 0.607. The van der Waals surface area contributed by atoms with E-state index in [0.717, 1.165) is 42.7 Å². The maximum absolute atomic E-state index is 13.1. The zero-order chi connectivity index (χ0) is 23.6. The second-order valence-corrected chi connectivity index (χ2v) is 7.94. The summed E-state index contributed by atoms with van der Waals surface area (Å²) in [6, 6.07) is 9.15. The molecule has 7 nitrogen and oxygen atoms in total. The Hall–Kier alpha value is -3.40. The molecule has 3 aromatic rings. The maximum Gasteiger partial charge on any atom is 0.416 e. The van der Waals surface area contributed by atoms with Crippen molar-refractivity contribution < 1.29 is 22.4 Å². The molecule has 2 aromatic heterocycles. The first kappa shape index (κ1) is 22.8. The van der Waals surface area contributed by atoms with Crippen molar-refractivity contribution in [3.63, 3.8) is 0 Å². The smallest absolute Gasteiger partial charge is 0.416 e. The van der Waals surface area contributed by atoms with Gasteiger partial charge in [0.05, 0.1) is 23.6 Å². The molecule has 1 amide bonds. The Morgan fingerprint density at radius 1 is 1.18 bits per heavy atom. The van der Waals surface area contributed by atoms with Crippen LogP contribution in [-0.2, 0) is 6.18 Å². The number of aryl methyl sites for hydroxylation is 1. The largest absolute Gasteiger partial charge is 0.468 e. The molecule has 0 spiro atoms. The number of carbonyl (C=O) groups is 1. The summed E-state index contributed by atoms with van der Waals surface area (Å²) in [6.45, 7) is 3.47. The number of alkyl halides is 3. The minimum Gasteiger partial charge on any atom is -0.468 e. The van der Waals surface area contributed by atoms with E-state index in [9.17, 15) is 22.8 Å². The highest BCUT2D eigenvalue weighted by atomic mass is 19.4. The minimum atomic E-state index is -4.53. The lowest BCUT2D eigenvalue weighted by Crippen LogP contribution is -2.39. The van der Waals surface area contributed by atoms with Gasteiger partial charge in [-0.1, -0.05) is 6.07 Å². The fraction of sp³-hybridized carbons (Fsp3) is 0.348. The van der Waals surface area contributed by atoms with Crippen LogP contribution < -0.4 is 10.7 Å². The Morgan fingerprint density at radius 2 is 1.94 bits per heavy atom. The highest BCUT2D eigenvalue weighted by molar-refractivity contribution is 5.92. The Morgan fingerprint density at radius 3 is 2.61 bits per heavy atom. The number of likely N-dealkylation sites (tertiary alicyclic amines) is 1. The molecule has 3 heterocycles. The van der Waals surface area contributed by atoms with Gasteiger partial charge in [0, 0.05) is 18.3 Å². The molecule has 1 aliphatic heterocycles. The monoisotopic (exact) mass is 460 g/mol. The molecule has 0 aliphatic carbocycles. The molecular formula is C23H23F3N4O3. The summed E-state index contributed by atoms with van der Waals surface area (Å²) in [7, 11) is 0. The van der Waals surface area contributed by atoms with Gasteiger partial charge in [0.1, 0.15) is 5.76 Å². The zero-order valence-corrected chi connectivity index (χ0v) is 17.9. The predicted molar refractivity (Wildman–Crippen MR) is 114 cm³/mol. The Balaban J connectivity index is 1.59. The number of aromatic nitrogens is 2. The van der Waals surface area contributed by atoms with Crippen molar-refractivity contribution in [1.82, 2.24) is 20.0 Å². The Labute approximate surface area is 187 Å². The van der Waals surface area contributed by atoms with Crippen molar-refractivity contribution in [2.24, 2.45) is 0 Å². The van der Waals surface area contributed by atoms with E-state index < -0.39 is 28.8 Å². The van der Waals surface area contributed by atoms with Crippen LogP contribution in [0.15, 0.2) is 57.9 Å². The number of benzene rings is 1. The molecule has 4 rings (SSSR count). The van der Waals surface area contributed by atoms with Crippen LogP contribution >= 0.6 is 0 Å². The first-order valence-electron chi connectivity index (χ1n) is 10.6. The summed E-state index contributed by atoms with van der Waals surface area (Å²) in [5, 5.41) is 6.83. The van der Waals surface area contributed by atoms with Crippen LogP contribution in [-0.4, -0.2) is 40.2 Å². The van der Waals surface area contributed by atoms with Gasteiger partial charge in [-0.2, -0.15) is 18.3 Å². The van der Waals surface area contributed by atoms with Gasteiger partial charge < -0.3 is 9.73 Å². The minimum absolute atomic E-state index is 0.0990. The third-order valence-corrected chi connectivity index (χ3v) is 5.65. The summed E-state index contributed by atoms with van der Waals surface area (Å²) >= 11 is 0. The SMILES string of the molecule is Cc1cc(=O)c(C(=O)NC[C@@H](c2ccco2)N2CCCC2)nn1-c1cccc(C(F)(F)F)c1. The number of furan rings is 1. The highest BCUT2D eigenvalue weighted by Crippen LogP contribution is 2.30. The van der Waals surface area contributed by atoms with Crippen molar-refractivity contribution in [2.45, 2.75) is 32.0 Å². The summed E-state index contributed by atoms with van der Waals surface area (Å²) < 4.78 is 46.1. The van der Waals surface area contributed by atoms with E-state index in [4.69, 9.17) is 4.42 Å². The second kappa shape index (κ2) is 9.22. The first-order chi connectivity index (χ1) is 15.7. The standard InChI is InChI=1S/C23H23F3N4O3/c1-15-12-19(31)21(28-30(15)17-7-4-6-16(13-17)23(24,25)26)22(32)27-14-18(20-8-5-11-33-20)29-9-2-3-10-29/h4-8,11-13,18H,2-3,9-10,14H2,1H3,(H,27,32)/t18-/m0/s1. The van der Waals surface area contributed by atoms with Crippen molar-refractivity contribution in [1.29, 1.82) is 0 Å². The third-order valence-electron chi connectivity index (χ3n) is 5.65. The first-order valence-corrected chi connectivity index (χ1v) is 10.6. The Bertz CT molecular complexity index is 1180. The molecule has 0 bridgehead atoms. The van der Waals surface area contributed by atoms with Gasteiger partial charge in [-0.3, -0.25) is 14.5 Å². The van der Waals surface area contributed by atoms with Gasteiger partial charge in [-0.25, -0.2) is 4.68 Å². The fourth-order valence-electron chi connectivity index (χ4n) is 4.00. The van der Waals surface area contributed by atoms with Crippen LogP contribution in [0.3, 0.4) is 0 Å². The summed E-state index contributed by atoms with van der Waals surface area (Å²) in [4.78, 5) is 27.5. The van der Waals surface area contributed by atoms with Crippen LogP contribution in [0.25, 0.3) is 5.69 Å². The fourth-order valence-corrected chi connectivity index (χ4v) is 4.00. The number of halogens is 3. The molecule has 1 saturated heterocycles. The molecule has 1 N–H and O–H groups in total. The molecule has 10 heteroatoms. The van der Waals surface area contributed by atoms with Crippen LogP contribution in [0.1, 0.15) is 46.4 Å². The number of carbonyl (C=O) groups excluding carboxylic acids is 1. The van der Waals surface area contributed by atoms with Crippen molar-refractivity contribution in [3.05, 3.63) is 81.7 Å². The number of hydrogen-bond acceptors (Lipinski definition) is 5. The molecule has 1 fully saturated rings. The normalized spacial score (nSPS) is 15.5. The lowest BCUT2D eigenvalue weighted by molar-refractivity contribution is -0.137. The molecule has 174 valence electrons. The number of amides is 1. The average Bonchev–Trinajstić information content (AvgIpc) is 3.48. The van der Waals surface area contributed by atoms with Gasteiger partial charge >= 0.3 is 6.18 Å². The number of rotatable bonds is 6. The molecule has 0 saturated carbocycles. The van der Waals surface area contributed by atoms with E-state index in [1.807, 2.05) is 6.07 Å². The van der Waals surface area contributed by atoms with Gasteiger partial charge in [0.15, 0.2) is 5.69 Å². The summed E-state index contributed by atoms with van der Waals surface area (Å²) in [5.41, 5.74) is -1.44. The van der Waals surface area contributed by atoms with Gasteiger partial charge in [0.2, 0.25) is 5.43 Å². The predicted octanol–water partition coefficient (Wildman–Crippen LogP) is 3.72. The molecule has 1 atom stereocenters. The van der Waals surface area contributed by atoms with Crippen molar-refractivity contribution >= 4 is 5.91 Å². The highest BCUT2D eigenvalue weighted by Gasteiger charge is 2.31. The van der Waals surface area contributed by atoms with E-state index in [1.165, 1.54) is 25.1 Å². The van der Waals surface area contributed by atoms with Crippen LogP contribution in [0.2, 0.25) is 0 Å². The van der Waals surface area contributed by atoms with Gasteiger partial charge in [-0.05, 0) is 63.2 Å². The third kappa shape index (κ3) is 5.00. The van der Waals surface area contributed by atoms with E-state index in [2.05, 4.69) is 15.3 Å². The van der Waals surface area contributed by atoms with Crippen molar-refractivity contribution in [3.8, 4) is 5.69 Å². The molecule has 33 heavy (non-hydrogen) atoms. The summed E-state index contributed by atoms with van der Waals surface area (Å²) in [6.07, 6.45) is -0.867. The molecule has 0 radical (unpaired) electrons. The van der Waals surface area contributed by atoms with Gasteiger partial charge in [0.25, 0.3) is 5.91 Å². The van der Waals surface area contributed by atoms with Gasteiger partial charge in [-0.15, -0.1) is 0 Å². The lowest BCUT2D eigenvalue weighted by atomic mass is 10.2. The van der Waals surface area contributed by atoms with Crippen molar-refractivity contribution in [2.75, 3.05) is 19.6 Å². The second-order valence-electron chi connectivity index (χ2n) is 7.94. The maximum atomic E-state index is 13.1. The Kier molecular flexibility index (Phi) is 6.37. The number of nitrogens with one attached hydrogen (secondary N) is 1. The van der Waals surface area contributed by atoms with E-state index in [0.29, 0.717) is 11.5 Å². The molecule has 1 aliphatic rings. The lowest BCUT2D eigenvalue weighted by Gasteiger charge is -2.25. The number of nitrogens with zero attached hydrogens (tertiary/aromatic N) is 3. The molecule has 1 aromatic carbocycles. The summed E-state index contributed by atoms with van der Waals surface area (Å²) in [5.74, 6) is 0.00641. The van der Waals surface area contributed by atoms with E-state index in [1.54, 1.807) is 12.3 Å². The molecular weight excluding hydrogens is 437 g/mol. The zero-order valence-electron chi connectivity index (χ0n) is 17.9. The van der Waals surface area contributed by atoms with Crippen LogP contribution in [0.4, 0.5) is 13.2 Å². The van der Waals surface area contributed by atoms with Crippen LogP contribution in [0, 0.1) is 6.92 Å². The number of hydrogen-bond donors (Lipinski definition) is 1. The van der Waals surface area contributed by atoms with Crippen LogP contribution in [0.5, 0.6) is 0 Å². The molecule has 0 unspecified atom stereocenters. The van der Waals surface area contributed by atoms with E-state index in [-0.39, 0.29) is 18.3 Å². The topological polar surface area (TPSA) is 80.4 Å². The average molecular weight is 460 g/mol.